The summed E-state index contributed by atoms with van der Waals surface area (Å²) in [6, 6.07) is 4.54. The van der Waals surface area contributed by atoms with Crippen molar-refractivity contribution >= 4 is 0 Å². The maximum atomic E-state index is 4.96. The van der Waals surface area contributed by atoms with E-state index >= 15 is 0 Å². The highest BCUT2D eigenvalue weighted by Gasteiger charge is 2.06. The highest BCUT2D eigenvalue weighted by Crippen LogP contribution is 2.21. The van der Waals surface area contributed by atoms with Gasteiger partial charge in [-0.1, -0.05) is 144 Å². The molecule has 1 aromatic rings. The molecule has 0 nitrogen and oxygen atoms in total. The van der Waals surface area contributed by atoms with Crippen molar-refractivity contribution in [3.05, 3.63) is 70.8 Å². The van der Waals surface area contributed by atoms with Crippen molar-refractivity contribution in [1.82, 2.24) is 0 Å². The second kappa shape index (κ2) is 52.2. The van der Waals surface area contributed by atoms with E-state index in [2.05, 4.69) is 99.4 Å². The van der Waals surface area contributed by atoms with E-state index in [1.54, 1.807) is 5.56 Å². The normalized spacial score (nSPS) is 8.65. The summed E-state index contributed by atoms with van der Waals surface area (Å²) in [5.41, 5.74) is 8.34. The Balaban J connectivity index is -0.0000000805. The highest BCUT2D eigenvalue weighted by molar-refractivity contribution is 5.39. The van der Waals surface area contributed by atoms with E-state index in [1.807, 2.05) is 67.5 Å². The van der Waals surface area contributed by atoms with Gasteiger partial charge in [0.2, 0.25) is 0 Å². The largest absolute Gasteiger partial charge is 0.124 e. The molecule has 0 saturated carbocycles. The number of allylic oxidation sites excluding steroid dienone is 4. The summed E-state index contributed by atoms with van der Waals surface area (Å²) < 4.78 is 0. The number of aryl methyl sites for hydroxylation is 2. The smallest absolute Gasteiger partial charge is 0.00561 e. The van der Waals surface area contributed by atoms with Crippen LogP contribution in [-0.4, -0.2) is 0 Å². The molecule has 0 heterocycles. The molecule has 1 aromatic carbocycles. The molecule has 0 heteroatoms. The first kappa shape index (κ1) is 56.4. The molecule has 0 aliphatic heterocycles. The first-order chi connectivity index (χ1) is 20.6. The Morgan fingerprint density at radius 2 is 1.28 bits per heavy atom. The second-order valence-electron chi connectivity index (χ2n) is 9.42. The molecular weight excluding hydrogens is 516 g/mol. The van der Waals surface area contributed by atoms with Crippen LogP contribution in [0, 0.1) is 45.0 Å². The zero-order valence-corrected chi connectivity index (χ0v) is 32.6. The third-order valence-electron chi connectivity index (χ3n) is 6.31. The Hall–Kier alpha value is -2.44. The lowest BCUT2D eigenvalue weighted by atomic mass is 9.92. The summed E-state index contributed by atoms with van der Waals surface area (Å²) in [6.45, 7) is 41.3. The molecule has 0 aliphatic rings. The van der Waals surface area contributed by atoms with Crippen molar-refractivity contribution in [2.24, 2.45) is 5.92 Å². The van der Waals surface area contributed by atoms with Crippen molar-refractivity contribution in [3.8, 4) is 25.2 Å². The van der Waals surface area contributed by atoms with E-state index in [1.165, 1.54) is 73.6 Å². The number of terminal acetylenes is 2. The van der Waals surface area contributed by atoms with Gasteiger partial charge >= 0.3 is 0 Å². The van der Waals surface area contributed by atoms with Crippen molar-refractivity contribution in [1.29, 1.82) is 0 Å². The molecule has 0 N–H and O–H groups in total. The maximum absolute atomic E-state index is 4.96. The Bertz CT molecular complexity index is 755. The van der Waals surface area contributed by atoms with Crippen LogP contribution in [0.15, 0.2) is 48.6 Å². The van der Waals surface area contributed by atoms with Gasteiger partial charge in [0.15, 0.2) is 0 Å². The average Bonchev–Trinajstić information content (AvgIpc) is 3.06. The molecule has 0 aromatic heterocycles. The minimum atomic E-state index is 0.787. The molecular formula is C43H80. The minimum Gasteiger partial charge on any atom is -0.124 e. The fraction of sp³-hybridized carbons (Fsp3) is 0.628. The van der Waals surface area contributed by atoms with E-state index in [0.717, 1.165) is 24.3 Å². The standard InChI is InChI=1S/C15H22.C10H20.C6H8.C4H10.3C2H6.C2H2/c1-5-7-8-9-14-11-10-12(3)13(4)15(14)6-2;1-5-7-10(8-6-2)9(3)4;1-4-6(3)5-2;1-3-4-2;4*1-2/h5,10-11H,1,6-9H2,2-4H3;10H,3,5-8H2,1-2,4H3;1,5H,2-3H3;3-4H2,1-2H3;3*1-2H3;1-2H/b;;6-5-;;;;;. The first-order valence-corrected chi connectivity index (χ1v) is 17.4. The van der Waals surface area contributed by atoms with Crippen LogP contribution < -0.4 is 0 Å². The number of hydrogen-bond acceptors (Lipinski definition) is 0. The van der Waals surface area contributed by atoms with Gasteiger partial charge in [0.25, 0.3) is 0 Å². The zero-order chi connectivity index (χ0) is 35.6. The molecule has 43 heavy (non-hydrogen) atoms. The van der Waals surface area contributed by atoms with E-state index in [-0.39, 0.29) is 0 Å². The van der Waals surface area contributed by atoms with Crippen LogP contribution in [0.3, 0.4) is 0 Å². The molecule has 0 spiro atoms. The van der Waals surface area contributed by atoms with Crippen molar-refractivity contribution in [2.45, 2.75) is 175 Å². The maximum Gasteiger partial charge on any atom is -0.00561 e. The molecule has 252 valence electrons. The van der Waals surface area contributed by atoms with Gasteiger partial charge in [-0.05, 0) is 107 Å². The fourth-order valence-corrected chi connectivity index (χ4v) is 3.51. The molecule has 0 radical (unpaired) electrons. The van der Waals surface area contributed by atoms with Gasteiger partial charge in [0, 0.05) is 0 Å². The molecule has 0 aliphatic carbocycles. The number of rotatable bonds is 11. The van der Waals surface area contributed by atoms with Crippen LogP contribution in [0.4, 0.5) is 0 Å². The predicted molar refractivity (Wildman–Crippen MR) is 209 cm³/mol. The second-order valence-corrected chi connectivity index (χ2v) is 9.42. The summed E-state index contributed by atoms with van der Waals surface area (Å²) in [5.74, 6) is 3.26. The Labute approximate surface area is 276 Å². The number of benzene rings is 1. The lowest BCUT2D eigenvalue weighted by Crippen LogP contribution is -1.99. The third kappa shape index (κ3) is 41.8. The van der Waals surface area contributed by atoms with Gasteiger partial charge in [-0.25, -0.2) is 0 Å². The minimum absolute atomic E-state index is 0.787. The predicted octanol–water partition coefficient (Wildman–Crippen LogP) is 14.9. The van der Waals surface area contributed by atoms with Gasteiger partial charge in [-0.2, -0.15) is 0 Å². The number of unbranched alkanes of at least 4 members (excludes halogenated alkanes) is 2. The van der Waals surface area contributed by atoms with Crippen LogP contribution in [-0.2, 0) is 12.8 Å². The highest BCUT2D eigenvalue weighted by atomic mass is 14.1. The van der Waals surface area contributed by atoms with Gasteiger partial charge in [0.05, 0.1) is 0 Å². The summed E-state index contributed by atoms with van der Waals surface area (Å²) in [4.78, 5) is 0. The monoisotopic (exact) mass is 597 g/mol. The van der Waals surface area contributed by atoms with Crippen molar-refractivity contribution in [3.63, 3.8) is 0 Å². The summed E-state index contributed by atoms with van der Waals surface area (Å²) in [7, 11) is 0. The third-order valence-corrected chi connectivity index (χ3v) is 6.31. The molecule has 0 saturated heterocycles. The van der Waals surface area contributed by atoms with Gasteiger partial charge in [0.1, 0.15) is 0 Å². The van der Waals surface area contributed by atoms with Gasteiger partial charge < -0.3 is 0 Å². The Morgan fingerprint density at radius 1 is 0.837 bits per heavy atom. The number of hydrogen-bond donors (Lipinski definition) is 0. The lowest BCUT2D eigenvalue weighted by Gasteiger charge is -2.14. The fourth-order valence-electron chi connectivity index (χ4n) is 3.51. The van der Waals surface area contributed by atoms with E-state index in [0.29, 0.717) is 0 Å². The topological polar surface area (TPSA) is 0 Å². The van der Waals surface area contributed by atoms with E-state index in [4.69, 9.17) is 6.42 Å². The zero-order valence-electron chi connectivity index (χ0n) is 32.6. The van der Waals surface area contributed by atoms with Crippen LogP contribution in [0.1, 0.15) is 171 Å². The van der Waals surface area contributed by atoms with E-state index in [9.17, 15) is 0 Å². The average molecular weight is 597 g/mol. The SMILES string of the molecule is C#C.C#C/C(C)=C\C.C=C(C)C(CCC)CCC.C=CCCCc1ccc(C)c(C)c1CC.CC.CC.CC.CCCC. The van der Waals surface area contributed by atoms with Crippen LogP contribution >= 0.6 is 0 Å². The quantitative estimate of drug-likeness (QED) is 0.135. The van der Waals surface area contributed by atoms with Crippen molar-refractivity contribution in [2.75, 3.05) is 0 Å². The summed E-state index contributed by atoms with van der Waals surface area (Å²) in [5, 5.41) is 0. The van der Waals surface area contributed by atoms with Crippen molar-refractivity contribution < 1.29 is 0 Å². The van der Waals surface area contributed by atoms with E-state index < -0.39 is 0 Å². The lowest BCUT2D eigenvalue weighted by molar-refractivity contribution is 0.505. The van der Waals surface area contributed by atoms with Crippen LogP contribution in [0.25, 0.3) is 0 Å². The summed E-state index contributed by atoms with van der Waals surface area (Å²) >= 11 is 0. The molecule has 0 unspecified atom stereocenters. The van der Waals surface area contributed by atoms with Gasteiger partial charge in [-0.3, -0.25) is 0 Å². The Morgan fingerprint density at radius 3 is 1.53 bits per heavy atom. The Kier molecular flexibility index (Phi) is 68.5. The van der Waals surface area contributed by atoms with Crippen LogP contribution in [0.2, 0.25) is 0 Å². The molecule has 0 amide bonds. The first-order valence-electron chi connectivity index (χ1n) is 17.4. The molecule has 0 fully saturated rings. The van der Waals surface area contributed by atoms with Gasteiger partial charge in [-0.15, -0.1) is 25.8 Å². The summed E-state index contributed by atoms with van der Waals surface area (Å²) in [6.07, 6.45) is 29.4. The molecule has 0 bridgehead atoms. The molecule has 1 rings (SSSR count). The molecule has 0 atom stereocenters. The van der Waals surface area contributed by atoms with Crippen LogP contribution in [0.5, 0.6) is 0 Å².